The molecule has 0 fully saturated rings. The number of halogens is 1. The average Bonchev–Trinajstić information content (AvgIpc) is 2.76. The number of carbonyl (C=O) groups is 2. The third kappa shape index (κ3) is 8.95. The van der Waals surface area contributed by atoms with E-state index in [4.69, 9.17) is 0 Å². The van der Waals surface area contributed by atoms with Crippen molar-refractivity contribution in [3.05, 3.63) is 71.3 Å². The zero-order valence-electron chi connectivity index (χ0n) is 18.6. The van der Waals surface area contributed by atoms with Crippen molar-refractivity contribution in [3.8, 4) is 0 Å². The van der Waals surface area contributed by atoms with Gasteiger partial charge in [-0.15, -0.1) is 24.0 Å². The SMILES string of the molecule is CN=C(NCCC(=O)N(C)Cc1ccccc1)NCc1ccc(C(=O)N(C)C)cc1.I. The maximum Gasteiger partial charge on any atom is 0.253 e. The number of nitrogens with zero attached hydrogens (tertiary/aromatic N) is 3. The topological polar surface area (TPSA) is 77.0 Å². The van der Waals surface area contributed by atoms with Gasteiger partial charge in [-0.3, -0.25) is 14.6 Å². The molecule has 0 aliphatic carbocycles. The van der Waals surface area contributed by atoms with E-state index >= 15 is 0 Å². The largest absolute Gasteiger partial charge is 0.356 e. The third-order valence-electron chi connectivity index (χ3n) is 4.61. The highest BCUT2D eigenvalue weighted by molar-refractivity contribution is 14.0. The molecular weight excluding hydrogens is 505 g/mol. The molecule has 2 aromatic carbocycles. The molecule has 0 unspecified atom stereocenters. The lowest BCUT2D eigenvalue weighted by molar-refractivity contribution is -0.130. The number of amides is 2. The Kier molecular flexibility index (Phi) is 11.6. The molecular formula is C23H32IN5O2. The Morgan fingerprint density at radius 2 is 1.55 bits per heavy atom. The fourth-order valence-corrected chi connectivity index (χ4v) is 2.85. The molecule has 2 N–H and O–H groups in total. The second kappa shape index (κ2) is 13.6. The van der Waals surface area contributed by atoms with Crippen molar-refractivity contribution in [3.63, 3.8) is 0 Å². The van der Waals surface area contributed by atoms with Gasteiger partial charge in [0.1, 0.15) is 0 Å². The molecule has 0 atom stereocenters. The molecule has 0 saturated heterocycles. The summed E-state index contributed by atoms with van der Waals surface area (Å²) in [6, 6.07) is 17.4. The highest BCUT2D eigenvalue weighted by Crippen LogP contribution is 2.06. The van der Waals surface area contributed by atoms with Crippen molar-refractivity contribution < 1.29 is 9.59 Å². The summed E-state index contributed by atoms with van der Waals surface area (Å²) in [6.45, 7) is 1.66. The highest BCUT2D eigenvalue weighted by atomic mass is 127. The van der Waals surface area contributed by atoms with E-state index in [-0.39, 0.29) is 35.8 Å². The first-order valence-corrected chi connectivity index (χ1v) is 9.93. The van der Waals surface area contributed by atoms with Gasteiger partial charge in [-0.1, -0.05) is 42.5 Å². The van der Waals surface area contributed by atoms with Gasteiger partial charge >= 0.3 is 0 Å². The number of guanidine groups is 1. The number of carbonyl (C=O) groups excluding carboxylic acids is 2. The third-order valence-corrected chi connectivity index (χ3v) is 4.61. The fourth-order valence-electron chi connectivity index (χ4n) is 2.85. The summed E-state index contributed by atoms with van der Waals surface area (Å²) in [4.78, 5) is 31.7. The molecule has 0 radical (unpaired) electrons. The Labute approximate surface area is 201 Å². The smallest absolute Gasteiger partial charge is 0.253 e. The van der Waals surface area contributed by atoms with Crippen LogP contribution in [0.15, 0.2) is 59.6 Å². The molecule has 2 aromatic rings. The van der Waals surface area contributed by atoms with E-state index in [2.05, 4.69) is 15.6 Å². The molecule has 0 spiro atoms. The highest BCUT2D eigenvalue weighted by Gasteiger charge is 2.10. The zero-order chi connectivity index (χ0) is 21.9. The summed E-state index contributed by atoms with van der Waals surface area (Å²) in [6.07, 6.45) is 0.380. The van der Waals surface area contributed by atoms with E-state index in [0.29, 0.717) is 37.6 Å². The average molecular weight is 537 g/mol. The Morgan fingerprint density at radius 1 is 0.903 bits per heavy atom. The minimum atomic E-state index is -0.0196. The van der Waals surface area contributed by atoms with Gasteiger partial charge in [0.05, 0.1) is 0 Å². The van der Waals surface area contributed by atoms with E-state index in [0.717, 1.165) is 11.1 Å². The molecule has 0 bridgehead atoms. The minimum absolute atomic E-state index is 0. The molecule has 0 aromatic heterocycles. The van der Waals surface area contributed by atoms with E-state index < -0.39 is 0 Å². The number of rotatable bonds is 8. The van der Waals surface area contributed by atoms with Gasteiger partial charge in [0.2, 0.25) is 5.91 Å². The standard InChI is InChI=1S/C23H31N5O2.HI/c1-24-23(26-16-18-10-12-20(13-11-18)22(30)27(2)3)25-15-14-21(29)28(4)17-19-8-6-5-7-9-19;/h5-13H,14-17H2,1-4H3,(H2,24,25,26);1H. The predicted octanol–water partition coefficient (Wildman–Crippen LogP) is 2.72. The Balaban J connectivity index is 0.00000480. The number of benzene rings is 2. The van der Waals surface area contributed by atoms with Crippen LogP contribution in [0.5, 0.6) is 0 Å². The van der Waals surface area contributed by atoms with Crippen molar-refractivity contribution in [2.24, 2.45) is 4.99 Å². The van der Waals surface area contributed by atoms with Gasteiger partial charge in [0, 0.05) is 59.8 Å². The van der Waals surface area contributed by atoms with Gasteiger partial charge in [-0.05, 0) is 23.3 Å². The summed E-state index contributed by atoms with van der Waals surface area (Å²) >= 11 is 0. The first kappa shape index (κ1) is 26.4. The van der Waals surface area contributed by atoms with Gasteiger partial charge < -0.3 is 20.4 Å². The Bertz CT molecular complexity index is 854. The monoisotopic (exact) mass is 537 g/mol. The second-order valence-electron chi connectivity index (χ2n) is 7.23. The molecule has 168 valence electrons. The van der Waals surface area contributed by atoms with Crippen LogP contribution in [0, 0.1) is 0 Å². The van der Waals surface area contributed by atoms with E-state index in [1.54, 1.807) is 30.9 Å². The zero-order valence-corrected chi connectivity index (χ0v) is 20.9. The molecule has 2 rings (SSSR count). The minimum Gasteiger partial charge on any atom is -0.356 e. The van der Waals surface area contributed by atoms with Crippen molar-refractivity contribution in [2.45, 2.75) is 19.5 Å². The maximum atomic E-state index is 12.3. The van der Waals surface area contributed by atoms with Crippen LogP contribution in [0.4, 0.5) is 0 Å². The lowest BCUT2D eigenvalue weighted by Gasteiger charge is -2.18. The van der Waals surface area contributed by atoms with Gasteiger partial charge in [-0.25, -0.2) is 0 Å². The van der Waals surface area contributed by atoms with Gasteiger partial charge in [0.15, 0.2) is 5.96 Å². The maximum absolute atomic E-state index is 12.3. The number of nitrogens with one attached hydrogen (secondary N) is 2. The Morgan fingerprint density at radius 3 is 2.13 bits per heavy atom. The molecule has 2 amide bonds. The van der Waals surface area contributed by atoms with Crippen LogP contribution in [-0.2, 0) is 17.9 Å². The van der Waals surface area contributed by atoms with Crippen LogP contribution < -0.4 is 10.6 Å². The van der Waals surface area contributed by atoms with Crippen LogP contribution in [0.25, 0.3) is 0 Å². The normalized spacial score (nSPS) is 10.6. The van der Waals surface area contributed by atoms with Gasteiger partial charge in [0.25, 0.3) is 5.91 Å². The molecule has 8 heteroatoms. The van der Waals surface area contributed by atoms with Crippen LogP contribution in [0.3, 0.4) is 0 Å². The second-order valence-corrected chi connectivity index (χ2v) is 7.23. The molecule has 31 heavy (non-hydrogen) atoms. The lowest BCUT2D eigenvalue weighted by Crippen LogP contribution is -2.39. The summed E-state index contributed by atoms with van der Waals surface area (Å²) in [5.74, 6) is 0.679. The van der Waals surface area contributed by atoms with Crippen LogP contribution in [0.2, 0.25) is 0 Å². The molecule has 0 saturated carbocycles. The van der Waals surface area contributed by atoms with Crippen molar-refractivity contribution in [2.75, 3.05) is 34.7 Å². The summed E-state index contributed by atoms with van der Waals surface area (Å²) in [7, 11) is 6.97. The lowest BCUT2D eigenvalue weighted by atomic mass is 10.1. The molecule has 0 aliphatic heterocycles. The Hall–Kier alpha value is -2.62. The predicted molar refractivity (Wildman–Crippen MR) is 136 cm³/mol. The number of hydrogen-bond acceptors (Lipinski definition) is 3. The summed E-state index contributed by atoms with van der Waals surface area (Å²) in [5, 5.41) is 6.38. The first-order valence-electron chi connectivity index (χ1n) is 9.93. The number of aliphatic imine (C=N–C) groups is 1. The van der Waals surface area contributed by atoms with E-state index in [1.807, 2.05) is 61.6 Å². The summed E-state index contributed by atoms with van der Waals surface area (Å²) in [5.41, 5.74) is 2.80. The van der Waals surface area contributed by atoms with Crippen LogP contribution in [0.1, 0.15) is 27.9 Å². The van der Waals surface area contributed by atoms with Gasteiger partial charge in [-0.2, -0.15) is 0 Å². The van der Waals surface area contributed by atoms with Crippen LogP contribution >= 0.6 is 24.0 Å². The van der Waals surface area contributed by atoms with Crippen molar-refractivity contribution in [1.29, 1.82) is 0 Å². The van der Waals surface area contributed by atoms with E-state index in [1.165, 1.54) is 0 Å². The quantitative estimate of drug-likeness (QED) is 0.309. The van der Waals surface area contributed by atoms with Crippen molar-refractivity contribution in [1.82, 2.24) is 20.4 Å². The fraction of sp³-hybridized carbons (Fsp3) is 0.348. The first-order chi connectivity index (χ1) is 14.4. The van der Waals surface area contributed by atoms with E-state index in [9.17, 15) is 9.59 Å². The number of hydrogen-bond donors (Lipinski definition) is 2. The van der Waals surface area contributed by atoms with Crippen LogP contribution in [-0.4, -0.2) is 62.3 Å². The summed E-state index contributed by atoms with van der Waals surface area (Å²) < 4.78 is 0. The molecule has 0 heterocycles. The molecule has 0 aliphatic rings. The molecule has 7 nitrogen and oxygen atoms in total. The van der Waals surface area contributed by atoms with Crippen molar-refractivity contribution >= 4 is 41.8 Å².